The molecule has 2 aromatic rings. The summed E-state index contributed by atoms with van der Waals surface area (Å²) in [5.74, 6) is 1.40. The van der Waals surface area contributed by atoms with E-state index in [1.54, 1.807) is 0 Å². The molecule has 4 nitrogen and oxygen atoms in total. The van der Waals surface area contributed by atoms with E-state index in [9.17, 15) is 4.79 Å². The van der Waals surface area contributed by atoms with Crippen LogP contribution in [0.5, 0.6) is 11.5 Å². The summed E-state index contributed by atoms with van der Waals surface area (Å²) in [6, 6.07) is 9.26. The Hall–Kier alpha value is -2.04. The van der Waals surface area contributed by atoms with Crippen LogP contribution < -0.4 is 9.47 Å². The molecule has 2 aliphatic heterocycles. The standard InChI is InChI=1S/C18H15ClO4/c1-10-2-3-13-15(20)7-17(23-16(13)4-10)14-6-12(19)5-11-8-21-9-22-18(11)14/h2-6,17H,7-9H2,1H3. The second-order valence-corrected chi connectivity index (χ2v) is 6.26. The summed E-state index contributed by atoms with van der Waals surface area (Å²) < 4.78 is 17.0. The van der Waals surface area contributed by atoms with Crippen molar-refractivity contribution in [3.63, 3.8) is 0 Å². The summed E-state index contributed by atoms with van der Waals surface area (Å²) in [6.07, 6.45) is -0.130. The van der Waals surface area contributed by atoms with Gasteiger partial charge in [0.1, 0.15) is 17.6 Å². The Balaban J connectivity index is 1.78. The van der Waals surface area contributed by atoms with Crippen molar-refractivity contribution in [1.82, 2.24) is 0 Å². The molecule has 0 N–H and O–H groups in total. The van der Waals surface area contributed by atoms with Crippen LogP contribution in [0.15, 0.2) is 30.3 Å². The first kappa shape index (κ1) is 14.5. The minimum atomic E-state index is -0.401. The molecule has 2 heterocycles. The van der Waals surface area contributed by atoms with E-state index in [2.05, 4.69) is 0 Å². The zero-order valence-electron chi connectivity index (χ0n) is 12.6. The van der Waals surface area contributed by atoms with Crippen molar-refractivity contribution in [2.45, 2.75) is 26.1 Å². The zero-order valence-corrected chi connectivity index (χ0v) is 13.4. The molecule has 5 heteroatoms. The first-order valence-corrected chi connectivity index (χ1v) is 7.83. The van der Waals surface area contributed by atoms with Gasteiger partial charge in [-0.2, -0.15) is 0 Å². The van der Waals surface area contributed by atoms with E-state index in [0.29, 0.717) is 22.9 Å². The Bertz CT molecular complexity index is 800. The molecule has 4 rings (SSSR count). The van der Waals surface area contributed by atoms with E-state index < -0.39 is 6.10 Å². The summed E-state index contributed by atoms with van der Waals surface area (Å²) in [6.45, 7) is 2.61. The van der Waals surface area contributed by atoms with Gasteiger partial charge in [0.25, 0.3) is 0 Å². The summed E-state index contributed by atoms with van der Waals surface area (Å²) >= 11 is 6.21. The van der Waals surface area contributed by atoms with Crippen LogP contribution in [0, 0.1) is 6.92 Å². The maximum absolute atomic E-state index is 12.5. The number of fused-ring (bicyclic) bond motifs is 2. The van der Waals surface area contributed by atoms with Crippen LogP contribution in [0.25, 0.3) is 0 Å². The van der Waals surface area contributed by atoms with Gasteiger partial charge in [0.05, 0.1) is 18.6 Å². The molecule has 23 heavy (non-hydrogen) atoms. The van der Waals surface area contributed by atoms with Crippen molar-refractivity contribution in [1.29, 1.82) is 0 Å². The highest BCUT2D eigenvalue weighted by Crippen LogP contribution is 2.42. The van der Waals surface area contributed by atoms with Crippen molar-refractivity contribution in [2.75, 3.05) is 6.79 Å². The molecule has 2 aliphatic rings. The maximum Gasteiger partial charge on any atom is 0.189 e. The van der Waals surface area contributed by atoms with Crippen LogP contribution in [0.4, 0.5) is 0 Å². The SMILES string of the molecule is Cc1ccc2c(c1)OC(c1cc(Cl)cc3c1OCOC3)CC2=O. The molecule has 0 spiro atoms. The third-order valence-electron chi connectivity index (χ3n) is 4.13. The smallest absolute Gasteiger partial charge is 0.189 e. The Morgan fingerprint density at radius 1 is 1.22 bits per heavy atom. The molecule has 118 valence electrons. The minimum absolute atomic E-state index is 0.0667. The van der Waals surface area contributed by atoms with E-state index in [-0.39, 0.29) is 19.0 Å². The molecular weight excluding hydrogens is 316 g/mol. The Morgan fingerprint density at radius 3 is 2.96 bits per heavy atom. The van der Waals surface area contributed by atoms with Crippen molar-refractivity contribution in [2.24, 2.45) is 0 Å². The molecule has 0 aromatic heterocycles. The van der Waals surface area contributed by atoms with Gasteiger partial charge in [-0.15, -0.1) is 0 Å². The minimum Gasteiger partial charge on any atom is -0.484 e. The second kappa shape index (κ2) is 5.55. The fraction of sp³-hybridized carbons (Fsp3) is 0.278. The lowest BCUT2D eigenvalue weighted by atomic mass is 9.94. The number of halogens is 1. The molecule has 0 saturated carbocycles. The van der Waals surface area contributed by atoms with Crippen LogP contribution in [-0.4, -0.2) is 12.6 Å². The number of carbonyl (C=O) groups excluding carboxylic acids is 1. The van der Waals surface area contributed by atoms with Crippen LogP contribution in [-0.2, 0) is 11.3 Å². The summed E-state index contributed by atoms with van der Waals surface area (Å²) in [5.41, 5.74) is 3.36. The van der Waals surface area contributed by atoms with Crippen molar-refractivity contribution in [3.8, 4) is 11.5 Å². The number of ether oxygens (including phenoxy) is 3. The number of carbonyl (C=O) groups is 1. The fourth-order valence-electron chi connectivity index (χ4n) is 3.05. The molecule has 0 radical (unpaired) electrons. The summed E-state index contributed by atoms with van der Waals surface area (Å²) in [5, 5.41) is 0.582. The first-order valence-electron chi connectivity index (χ1n) is 7.45. The average Bonchev–Trinajstić information content (AvgIpc) is 2.53. The highest BCUT2D eigenvalue weighted by Gasteiger charge is 2.31. The number of benzene rings is 2. The first-order chi connectivity index (χ1) is 11.1. The molecule has 2 aromatic carbocycles. The van der Waals surface area contributed by atoms with Gasteiger partial charge in [0.15, 0.2) is 12.6 Å². The van der Waals surface area contributed by atoms with Gasteiger partial charge in [-0.1, -0.05) is 17.7 Å². The van der Waals surface area contributed by atoms with E-state index in [1.807, 2.05) is 37.3 Å². The van der Waals surface area contributed by atoms with Gasteiger partial charge in [-0.3, -0.25) is 4.79 Å². The fourth-order valence-corrected chi connectivity index (χ4v) is 3.30. The predicted octanol–water partition coefficient (Wildman–Crippen LogP) is 4.22. The maximum atomic E-state index is 12.5. The second-order valence-electron chi connectivity index (χ2n) is 5.83. The third-order valence-corrected chi connectivity index (χ3v) is 4.35. The van der Waals surface area contributed by atoms with Crippen LogP contribution in [0.3, 0.4) is 0 Å². The topological polar surface area (TPSA) is 44.8 Å². The van der Waals surface area contributed by atoms with Crippen LogP contribution >= 0.6 is 11.6 Å². The number of aryl methyl sites for hydroxylation is 1. The lowest BCUT2D eigenvalue weighted by molar-refractivity contribution is -0.0183. The van der Waals surface area contributed by atoms with Gasteiger partial charge >= 0.3 is 0 Å². The predicted molar refractivity (Wildman–Crippen MR) is 85.2 cm³/mol. The molecule has 0 saturated heterocycles. The van der Waals surface area contributed by atoms with E-state index in [1.165, 1.54) is 0 Å². The zero-order chi connectivity index (χ0) is 16.0. The van der Waals surface area contributed by atoms with Crippen molar-refractivity contribution >= 4 is 17.4 Å². The van der Waals surface area contributed by atoms with Gasteiger partial charge in [0.2, 0.25) is 0 Å². The van der Waals surface area contributed by atoms with Gasteiger partial charge < -0.3 is 14.2 Å². The Morgan fingerprint density at radius 2 is 2.09 bits per heavy atom. The summed E-state index contributed by atoms with van der Waals surface area (Å²) in [4.78, 5) is 12.5. The van der Waals surface area contributed by atoms with E-state index >= 15 is 0 Å². The molecule has 0 aliphatic carbocycles. The lowest BCUT2D eigenvalue weighted by Crippen LogP contribution is -2.23. The molecule has 0 amide bonds. The third kappa shape index (κ3) is 2.58. The monoisotopic (exact) mass is 330 g/mol. The van der Waals surface area contributed by atoms with Crippen LogP contribution in [0.2, 0.25) is 5.02 Å². The molecule has 0 fully saturated rings. The molecule has 0 bridgehead atoms. The van der Waals surface area contributed by atoms with Crippen molar-refractivity contribution < 1.29 is 19.0 Å². The Kier molecular flexibility index (Phi) is 3.51. The Labute approximate surface area is 138 Å². The lowest BCUT2D eigenvalue weighted by Gasteiger charge is -2.29. The van der Waals surface area contributed by atoms with Crippen LogP contribution in [0.1, 0.15) is 39.6 Å². The number of Topliss-reactive ketones (excluding diaryl/α,β-unsaturated/α-hetero) is 1. The number of hydrogen-bond donors (Lipinski definition) is 0. The van der Waals surface area contributed by atoms with Gasteiger partial charge in [-0.05, 0) is 36.8 Å². The highest BCUT2D eigenvalue weighted by atomic mass is 35.5. The number of rotatable bonds is 1. The largest absolute Gasteiger partial charge is 0.484 e. The van der Waals surface area contributed by atoms with Crippen molar-refractivity contribution in [3.05, 3.63) is 57.6 Å². The van der Waals surface area contributed by atoms with Gasteiger partial charge in [-0.25, -0.2) is 0 Å². The molecule has 1 unspecified atom stereocenters. The molecule has 1 atom stereocenters. The van der Waals surface area contributed by atoms with Gasteiger partial charge in [0, 0.05) is 16.1 Å². The number of hydrogen-bond acceptors (Lipinski definition) is 4. The average molecular weight is 331 g/mol. The molecular formula is C18H15ClO4. The number of ketones is 1. The normalized spacial score (nSPS) is 19.4. The summed E-state index contributed by atoms with van der Waals surface area (Å²) in [7, 11) is 0. The van der Waals surface area contributed by atoms with E-state index in [0.717, 1.165) is 22.4 Å². The van der Waals surface area contributed by atoms with E-state index in [4.69, 9.17) is 25.8 Å². The highest BCUT2D eigenvalue weighted by molar-refractivity contribution is 6.30. The quantitative estimate of drug-likeness (QED) is 0.785.